The van der Waals surface area contributed by atoms with Crippen molar-refractivity contribution >= 4 is 0 Å². The third-order valence-electron chi connectivity index (χ3n) is 4.55. The maximum Gasteiger partial charge on any atom is 0.0972 e. The highest BCUT2D eigenvalue weighted by atomic mass is 16.3. The second-order valence-corrected chi connectivity index (χ2v) is 7.19. The molecule has 0 aliphatic heterocycles. The highest BCUT2D eigenvalue weighted by Gasteiger charge is 2.16. The van der Waals surface area contributed by atoms with Gasteiger partial charge in [-0.15, -0.1) is 0 Å². The van der Waals surface area contributed by atoms with Crippen LogP contribution in [-0.2, 0) is 6.54 Å². The molecule has 0 aliphatic rings. The van der Waals surface area contributed by atoms with Crippen LogP contribution >= 0.6 is 0 Å². The average molecular weight is 365 g/mol. The smallest absolute Gasteiger partial charge is 0.0972 e. The van der Waals surface area contributed by atoms with E-state index in [0.29, 0.717) is 13.1 Å². The van der Waals surface area contributed by atoms with Crippen molar-refractivity contribution in [3.8, 4) is 16.9 Å². The third-order valence-corrected chi connectivity index (χ3v) is 4.55. The first-order valence-corrected chi connectivity index (χ1v) is 9.16. The lowest BCUT2D eigenvalue weighted by Crippen LogP contribution is -2.31. The molecule has 0 fully saturated rings. The van der Waals surface area contributed by atoms with Gasteiger partial charge in [0, 0.05) is 30.4 Å². The molecule has 0 radical (unpaired) electrons. The molecule has 0 saturated carbocycles. The minimum absolute atomic E-state index is 0.238. The summed E-state index contributed by atoms with van der Waals surface area (Å²) in [6.07, 6.45) is 1.30. The standard InChI is InChI=1S/C22H27N3O2/c1-16-7-9-20(10-8-16)25-13-19(12-24(3)14-21(27)15-26)22(23-25)18-6-4-5-17(2)11-18/h4-11,13,21,26-27H,12,14-15H2,1-3H3/t21-/m0/s1. The van der Waals surface area contributed by atoms with Crippen molar-refractivity contribution in [2.24, 2.45) is 0 Å². The van der Waals surface area contributed by atoms with Gasteiger partial charge in [0.25, 0.3) is 0 Å². The predicted molar refractivity (Wildman–Crippen MR) is 108 cm³/mol. The molecule has 3 rings (SSSR count). The molecule has 1 heterocycles. The number of likely N-dealkylation sites (N-methyl/N-ethyl adjacent to an activating group) is 1. The summed E-state index contributed by atoms with van der Waals surface area (Å²) < 4.78 is 1.91. The zero-order valence-electron chi connectivity index (χ0n) is 16.1. The number of hydrogen-bond donors (Lipinski definition) is 2. The van der Waals surface area contributed by atoms with Crippen LogP contribution in [0.5, 0.6) is 0 Å². The van der Waals surface area contributed by atoms with Crippen LogP contribution in [0.25, 0.3) is 16.9 Å². The van der Waals surface area contributed by atoms with Crippen molar-refractivity contribution in [1.29, 1.82) is 0 Å². The molecule has 1 atom stereocenters. The summed E-state index contributed by atoms with van der Waals surface area (Å²) in [7, 11) is 1.93. The van der Waals surface area contributed by atoms with Gasteiger partial charge in [0.15, 0.2) is 0 Å². The maximum atomic E-state index is 9.73. The Balaban J connectivity index is 1.97. The van der Waals surface area contributed by atoms with Gasteiger partial charge in [-0.3, -0.25) is 4.90 Å². The van der Waals surface area contributed by atoms with Crippen LogP contribution in [0.1, 0.15) is 16.7 Å². The number of aromatic nitrogens is 2. The van der Waals surface area contributed by atoms with E-state index < -0.39 is 6.10 Å². The van der Waals surface area contributed by atoms with Crippen molar-refractivity contribution in [2.75, 3.05) is 20.2 Å². The minimum atomic E-state index is -0.746. The van der Waals surface area contributed by atoms with Crippen LogP contribution < -0.4 is 0 Å². The van der Waals surface area contributed by atoms with E-state index in [4.69, 9.17) is 10.2 Å². The van der Waals surface area contributed by atoms with Crippen LogP contribution in [0, 0.1) is 13.8 Å². The summed E-state index contributed by atoms with van der Waals surface area (Å²) in [5.74, 6) is 0. The minimum Gasteiger partial charge on any atom is -0.394 e. The summed E-state index contributed by atoms with van der Waals surface area (Å²) in [5, 5.41) is 23.7. The summed E-state index contributed by atoms with van der Waals surface area (Å²) in [4.78, 5) is 2.00. The molecule has 0 bridgehead atoms. The Hall–Kier alpha value is -2.47. The van der Waals surface area contributed by atoms with Gasteiger partial charge >= 0.3 is 0 Å². The first-order chi connectivity index (χ1) is 13.0. The Labute approximate surface area is 160 Å². The fourth-order valence-corrected chi connectivity index (χ4v) is 3.16. The number of nitrogens with zero attached hydrogens (tertiary/aromatic N) is 3. The summed E-state index contributed by atoms with van der Waals surface area (Å²) in [6, 6.07) is 16.6. The largest absolute Gasteiger partial charge is 0.394 e. The van der Waals surface area contributed by atoms with Crippen molar-refractivity contribution < 1.29 is 10.2 Å². The van der Waals surface area contributed by atoms with Crippen molar-refractivity contribution in [3.63, 3.8) is 0 Å². The van der Waals surface area contributed by atoms with Crippen molar-refractivity contribution in [3.05, 3.63) is 71.4 Å². The lowest BCUT2D eigenvalue weighted by Gasteiger charge is -2.19. The maximum absolute atomic E-state index is 9.73. The molecular weight excluding hydrogens is 338 g/mol. The van der Waals surface area contributed by atoms with Crippen LogP contribution in [0.3, 0.4) is 0 Å². The molecule has 27 heavy (non-hydrogen) atoms. The van der Waals surface area contributed by atoms with Gasteiger partial charge in [-0.2, -0.15) is 5.10 Å². The quantitative estimate of drug-likeness (QED) is 0.676. The monoisotopic (exact) mass is 365 g/mol. The highest BCUT2D eigenvalue weighted by Crippen LogP contribution is 2.25. The van der Waals surface area contributed by atoms with Gasteiger partial charge in [-0.25, -0.2) is 4.68 Å². The number of hydrogen-bond acceptors (Lipinski definition) is 4. The highest BCUT2D eigenvalue weighted by molar-refractivity contribution is 5.64. The Bertz CT molecular complexity index is 887. The predicted octanol–water partition coefficient (Wildman–Crippen LogP) is 2.94. The second kappa shape index (κ2) is 8.48. The summed E-state index contributed by atoms with van der Waals surface area (Å²) in [6.45, 7) is 4.94. The van der Waals surface area contributed by atoms with Gasteiger partial charge in [-0.05, 0) is 39.1 Å². The van der Waals surface area contributed by atoms with E-state index in [0.717, 1.165) is 22.5 Å². The number of benzene rings is 2. The molecule has 0 saturated heterocycles. The van der Waals surface area contributed by atoms with Crippen LogP contribution in [-0.4, -0.2) is 51.2 Å². The lowest BCUT2D eigenvalue weighted by molar-refractivity contribution is 0.0648. The Kier molecular flexibility index (Phi) is 6.06. The zero-order valence-corrected chi connectivity index (χ0v) is 16.1. The fourth-order valence-electron chi connectivity index (χ4n) is 3.16. The molecule has 0 aliphatic carbocycles. The topological polar surface area (TPSA) is 61.5 Å². The van der Waals surface area contributed by atoms with Gasteiger partial charge in [0.2, 0.25) is 0 Å². The molecule has 0 amide bonds. The van der Waals surface area contributed by atoms with Gasteiger partial charge in [-0.1, -0.05) is 41.5 Å². The van der Waals surface area contributed by atoms with Crippen LogP contribution in [0.15, 0.2) is 54.7 Å². The van der Waals surface area contributed by atoms with E-state index in [9.17, 15) is 5.11 Å². The number of rotatable bonds is 7. The van der Waals surface area contributed by atoms with E-state index in [1.165, 1.54) is 11.1 Å². The summed E-state index contributed by atoms with van der Waals surface area (Å²) in [5.41, 5.74) is 6.50. The number of aryl methyl sites for hydroxylation is 2. The molecular formula is C22H27N3O2. The molecule has 3 aromatic rings. The zero-order chi connectivity index (χ0) is 19.4. The molecule has 2 aromatic carbocycles. The summed E-state index contributed by atoms with van der Waals surface area (Å²) >= 11 is 0. The molecule has 142 valence electrons. The van der Waals surface area contributed by atoms with E-state index in [1.54, 1.807) is 0 Å². The first kappa shape index (κ1) is 19.3. The lowest BCUT2D eigenvalue weighted by atomic mass is 10.1. The third kappa shape index (κ3) is 4.83. The van der Waals surface area contributed by atoms with Gasteiger partial charge in [0.05, 0.1) is 24.1 Å². The Morgan fingerprint density at radius 1 is 1.07 bits per heavy atom. The van der Waals surface area contributed by atoms with Crippen LogP contribution in [0.2, 0.25) is 0 Å². The average Bonchev–Trinajstić information content (AvgIpc) is 3.05. The van der Waals surface area contributed by atoms with E-state index in [1.807, 2.05) is 28.9 Å². The molecule has 0 spiro atoms. The van der Waals surface area contributed by atoms with Crippen LogP contribution in [0.4, 0.5) is 0 Å². The Morgan fingerprint density at radius 3 is 2.48 bits per heavy atom. The number of aliphatic hydroxyl groups is 2. The van der Waals surface area contributed by atoms with Gasteiger partial charge < -0.3 is 10.2 Å². The van der Waals surface area contributed by atoms with E-state index in [2.05, 4.69) is 56.3 Å². The molecule has 1 aromatic heterocycles. The fraction of sp³-hybridized carbons (Fsp3) is 0.318. The first-order valence-electron chi connectivity index (χ1n) is 9.16. The number of aliphatic hydroxyl groups excluding tert-OH is 2. The van der Waals surface area contributed by atoms with Crippen molar-refractivity contribution in [2.45, 2.75) is 26.5 Å². The van der Waals surface area contributed by atoms with Gasteiger partial charge in [0.1, 0.15) is 0 Å². The SMILES string of the molecule is Cc1ccc(-n2cc(CN(C)C[C@H](O)CO)c(-c3cccc(C)c3)n2)cc1. The molecule has 5 heteroatoms. The van der Waals surface area contributed by atoms with E-state index in [-0.39, 0.29) is 6.61 Å². The molecule has 2 N–H and O–H groups in total. The molecule has 0 unspecified atom stereocenters. The van der Waals surface area contributed by atoms with Crippen molar-refractivity contribution in [1.82, 2.24) is 14.7 Å². The normalized spacial score (nSPS) is 12.5. The second-order valence-electron chi connectivity index (χ2n) is 7.19. The molecule has 5 nitrogen and oxygen atoms in total. The van der Waals surface area contributed by atoms with E-state index >= 15 is 0 Å². The Morgan fingerprint density at radius 2 is 1.81 bits per heavy atom.